The van der Waals surface area contributed by atoms with Crippen LogP contribution >= 0.6 is 0 Å². The van der Waals surface area contributed by atoms with Crippen LogP contribution in [-0.4, -0.2) is 21.8 Å². The molecule has 0 aliphatic carbocycles. The van der Waals surface area contributed by atoms with Gasteiger partial charge in [0.1, 0.15) is 16.7 Å². The van der Waals surface area contributed by atoms with E-state index >= 15 is 0 Å². The monoisotopic (exact) mass is 253 g/mol. The van der Waals surface area contributed by atoms with E-state index in [9.17, 15) is 4.21 Å². The number of methoxy groups -OCH3 is 1. The summed E-state index contributed by atoms with van der Waals surface area (Å²) < 4.78 is 20.9. The molecule has 0 radical (unpaired) electrons. The summed E-state index contributed by atoms with van der Waals surface area (Å²) in [5.41, 5.74) is 1.74. The molecule has 0 heterocycles. The maximum atomic E-state index is 11.9. The molecule has 1 aromatic rings. The summed E-state index contributed by atoms with van der Waals surface area (Å²) in [6.45, 7) is 7.60. The van der Waals surface area contributed by atoms with Crippen molar-refractivity contribution in [2.45, 2.75) is 32.4 Å². The number of hydrogen-bond donors (Lipinski definition) is 0. The molecule has 1 rings (SSSR count). The van der Waals surface area contributed by atoms with Gasteiger partial charge in [0.05, 0.1) is 17.6 Å². The van der Waals surface area contributed by atoms with E-state index in [1.165, 1.54) is 0 Å². The molecular weight excluding hydrogens is 234 g/mol. The van der Waals surface area contributed by atoms with Gasteiger partial charge < -0.3 is 4.74 Å². The first-order valence-corrected chi connectivity index (χ1v) is 6.57. The Kier molecular flexibility index (Phi) is 4.46. The molecule has 3 nitrogen and oxygen atoms in total. The molecule has 94 valence electrons. The zero-order valence-corrected chi connectivity index (χ0v) is 11.8. The maximum absolute atomic E-state index is 11.9. The summed E-state index contributed by atoms with van der Waals surface area (Å²) in [7, 11) is 0.411. The summed E-state index contributed by atoms with van der Waals surface area (Å²) in [4.78, 5) is 0. The highest BCUT2D eigenvalue weighted by molar-refractivity contribution is 7.85. The molecule has 0 saturated carbocycles. The van der Waals surface area contributed by atoms with Crippen LogP contribution in [0, 0.1) is 0 Å². The Morgan fingerprint density at radius 2 is 1.76 bits per heavy atom. The van der Waals surface area contributed by atoms with Crippen molar-refractivity contribution < 1.29 is 8.95 Å². The summed E-state index contributed by atoms with van der Waals surface area (Å²) in [5, 5.41) is 0. The van der Waals surface area contributed by atoms with Crippen molar-refractivity contribution in [3.8, 4) is 5.75 Å². The smallest absolute Gasteiger partial charge is 0.145 e. The Hall–Kier alpha value is -1.16. The molecule has 0 aromatic heterocycles. The van der Waals surface area contributed by atoms with Crippen molar-refractivity contribution in [1.29, 1.82) is 0 Å². The minimum atomic E-state index is -1.22. The normalized spacial score (nSPS) is 14.5. The number of ether oxygens (including phenoxy) is 1. The van der Waals surface area contributed by atoms with Crippen molar-refractivity contribution in [2.75, 3.05) is 7.11 Å². The van der Waals surface area contributed by atoms with Gasteiger partial charge in [0.25, 0.3) is 0 Å². The summed E-state index contributed by atoms with van der Waals surface area (Å²) in [5.74, 6) is 0.804. The fraction of sp³-hybridized carbons (Fsp3) is 0.462. The standard InChI is InChI=1S/C13H19NO2S/c1-10(14-17(15)13(2,3)4)11-6-8-12(16-5)9-7-11/h6-9H,1-5H3/b14-10+/t17-/m1/s1. The van der Waals surface area contributed by atoms with Crippen LogP contribution in [0.3, 0.4) is 0 Å². The third-order valence-corrected chi connectivity index (χ3v) is 3.74. The first kappa shape index (κ1) is 13.9. The Morgan fingerprint density at radius 3 is 2.18 bits per heavy atom. The van der Waals surface area contributed by atoms with Crippen LogP contribution in [0.2, 0.25) is 0 Å². The van der Waals surface area contributed by atoms with Gasteiger partial charge >= 0.3 is 0 Å². The van der Waals surface area contributed by atoms with Crippen molar-refractivity contribution >= 4 is 16.7 Å². The molecule has 0 N–H and O–H groups in total. The van der Waals surface area contributed by atoms with Gasteiger partial charge in [-0.15, -0.1) is 0 Å². The van der Waals surface area contributed by atoms with E-state index in [0.717, 1.165) is 17.0 Å². The molecule has 0 bridgehead atoms. The third-order valence-electron chi connectivity index (χ3n) is 2.25. The second kappa shape index (κ2) is 5.45. The first-order chi connectivity index (χ1) is 7.84. The number of rotatable bonds is 3. The molecular formula is C13H19NO2S. The van der Waals surface area contributed by atoms with Gasteiger partial charge in [-0.05, 0) is 57.5 Å². The molecule has 0 saturated heterocycles. The van der Waals surface area contributed by atoms with Gasteiger partial charge in [0, 0.05) is 0 Å². The molecule has 1 atom stereocenters. The molecule has 1 aromatic carbocycles. The van der Waals surface area contributed by atoms with Crippen molar-refractivity contribution in [3.05, 3.63) is 29.8 Å². The Balaban J connectivity index is 2.92. The first-order valence-electron chi connectivity index (χ1n) is 5.46. The largest absolute Gasteiger partial charge is 0.497 e. The van der Waals surface area contributed by atoms with Crippen molar-refractivity contribution in [2.24, 2.45) is 4.40 Å². The number of hydrogen-bond acceptors (Lipinski definition) is 2. The van der Waals surface area contributed by atoms with Gasteiger partial charge in [0.2, 0.25) is 0 Å². The summed E-state index contributed by atoms with van der Waals surface area (Å²) >= 11 is 0. The minimum absolute atomic E-state index is 0.326. The average Bonchev–Trinajstić information content (AvgIpc) is 2.27. The topological polar surface area (TPSA) is 38.7 Å². The molecule has 0 amide bonds. The summed E-state index contributed by atoms with van der Waals surface area (Å²) in [6.07, 6.45) is 0. The predicted molar refractivity (Wildman–Crippen MR) is 73.1 cm³/mol. The van der Waals surface area contributed by atoms with E-state index in [1.54, 1.807) is 7.11 Å². The highest BCUT2D eigenvalue weighted by atomic mass is 32.2. The average molecular weight is 253 g/mol. The lowest BCUT2D eigenvalue weighted by atomic mass is 10.1. The van der Waals surface area contributed by atoms with E-state index < -0.39 is 11.0 Å². The fourth-order valence-corrected chi connectivity index (χ4v) is 1.77. The zero-order chi connectivity index (χ0) is 13.1. The lowest BCUT2D eigenvalue weighted by Crippen LogP contribution is -2.20. The van der Waals surface area contributed by atoms with Gasteiger partial charge in [-0.2, -0.15) is 4.40 Å². The van der Waals surface area contributed by atoms with Gasteiger partial charge in [-0.25, -0.2) is 4.21 Å². The molecule has 4 heteroatoms. The van der Waals surface area contributed by atoms with Crippen LogP contribution in [-0.2, 0) is 11.0 Å². The SMILES string of the molecule is COc1ccc(/C(C)=N/[S@](=O)C(C)(C)C)cc1. The highest BCUT2D eigenvalue weighted by Crippen LogP contribution is 2.16. The Bertz CT molecular complexity index is 430. The molecule has 0 spiro atoms. The second-order valence-electron chi connectivity index (χ2n) is 4.77. The third kappa shape index (κ3) is 3.97. The van der Waals surface area contributed by atoms with Gasteiger partial charge in [0.15, 0.2) is 0 Å². The van der Waals surface area contributed by atoms with E-state index in [1.807, 2.05) is 52.0 Å². The molecule has 0 aliphatic heterocycles. The maximum Gasteiger partial charge on any atom is 0.145 e. The molecule has 0 aliphatic rings. The zero-order valence-electron chi connectivity index (χ0n) is 11.0. The lowest BCUT2D eigenvalue weighted by molar-refractivity contribution is 0.415. The van der Waals surface area contributed by atoms with E-state index in [4.69, 9.17) is 4.74 Å². The number of benzene rings is 1. The highest BCUT2D eigenvalue weighted by Gasteiger charge is 2.19. The molecule has 0 unspecified atom stereocenters. The van der Waals surface area contributed by atoms with Crippen LogP contribution in [0.15, 0.2) is 28.7 Å². The van der Waals surface area contributed by atoms with Crippen molar-refractivity contribution in [1.82, 2.24) is 0 Å². The predicted octanol–water partition coefficient (Wildman–Crippen LogP) is 2.97. The van der Waals surface area contributed by atoms with Gasteiger partial charge in [-0.1, -0.05) is 0 Å². The van der Waals surface area contributed by atoms with E-state index in [2.05, 4.69) is 4.40 Å². The fourth-order valence-electron chi connectivity index (χ4n) is 1.15. The van der Waals surface area contributed by atoms with E-state index in [0.29, 0.717) is 0 Å². The van der Waals surface area contributed by atoms with Crippen LogP contribution in [0.5, 0.6) is 5.75 Å². The molecule has 17 heavy (non-hydrogen) atoms. The van der Waals surface area contributed by atoms with Crippen LogP contribution in [0.4, 0.5) is 0 Å². The Labute approximate surface area is 106 Å². The minimum Gasteiger partial charge on any atom is -0.497 e. The van der Waals surface area contributed by atoms with Crippen LogP contribution in [0.1, 0.15) is 33.3 Å². The molecule has 0 fully saturated rings. The van der Waals surface area contributed by atoms with Crippen LogP contribution in [0.25, 0.3) is 0 Å². The van der Waals surface area contributed by atoms with E-state index in [-0.39, 0.29) is 4.75 Å². The second-order valence-corrected chi connectivity index (χ2v) is 6.67. The summed E-state index contributed by atoms with van der Waals surface area (Å²) in [6, 6.07) is 7.57. The lowest BCUT2D eigenvalue weighted by Gasteiger charge is -2.14. The number of nitrogens with zero attached hydrogens (tertiary/aromatic N) is 1. The quantitative estimate of drug-likeness (QED) is 0.777. The van der Waals surface area contributed by atoms with Gasteiger partial charge in [-0.3, -0.25) is 0 Å². The van der Waals surface area contributed by atoms with Crippen LogP contribution < -0.4 is 4.74 Å². The Morgan fingerprint density at radius 1 is 1.24 bits per heavy atom. The van der Waals surface area contributed by atoms with Crippen molar-refractivity contribution in [3.63, 3.8) is 0 Å².